The van der Waals surface area contributed by atoms with Gasteiger partial charge < -0.3 is 13.6 Å². The molecular formula is C54H38N2OSi. The largest absolute Gasteiger partial charge is 0.456 e. The van der Waals surface area contributed by atoms with Crippen LogP contribution in [0.4, 0.5) is 0 Å². The highest BCUT2D eigenvalue weighted by Crippen LogP contribution is 2.39. The number of fused-ring (bicyclic) bond motifs is 9. The highest BCUT2D eigenvalue weighted by atomic mass is 28.3. The molecule has 0 aliphatic heterocycles. The first-order chi connectivity index (χ1) is 28.8. The monoisotopic (exact) mass is 758 g/mol. The summed E-state index contributed by atoms with van der Waals surface area (Å²) in [6.07, 6.45) is 9.10. The van der Waals surface area contributed by atoms with Crippen LogP contribution in [0.3, 0.4) is 0 Å². The Hall–Kier alpha value is -7.14. The van der Waals surface area contributed by atoms with Gasteiger partial charge in [-0.05, 0) is 83.0 Å². The third-order valence-electron chi connectivity index (χ3n) is 12.5. The van der Waals surface area contributed by atoms with Gasteiger partial charge in [-0.15, -0.1) is 0 Å². The zero-order valence-corrected chi connectivity index (χ0v) is 32.8. The molecule has 4 heteroatoms. The van der Waals surface area contributed by atoms with Crippen molar-refractivity contribution in [2.24, 2.45) is 0 Å². The van der Waals surface area contributed by atoms with Gasteiger partial charge in [0.1, 0.15) is 11.2 Å². The minimum Gasteiger partial charge on any atom is -0.456 e. The van der Waals surface area contributed by atoms with E-state index < -0.39 is 8.07 Å². The van der Waals surface area contributed by atoms with Crippen molar-refractivity contribution in [3.8, 4) is 11.4 Å². The summed E-state index contributed by atoms with van der Waals surface area (Å²) in [7, 11) is -2.92. The number of hydrogen-bond donors (Lipinski definition) is 0. The molecule has 0 N–H and O–H groups in total. The van der Waals surface area contributed by atoms with Gasteiger partial charge in [0.2, 0.25) is 0 Å². The Labute approximate surface area is 337 Å². The lowest BCUT2D eigenvalue weighted by atomic mass is 10.1. The van der Waals surface area contributed by atoms with E-state index in [1.807, 2.05) is 6.07 Å². The number of benzene rings is 8. The summed E-state index contributed by atoms with van der Waals surface area (Å²) in [6, 6.07) is 69.6. The highest BCUT2D eigenvalue weighted by molar-refractivity contribution is 7.17. The predicted octanol–water partition coefficient (Wildman–Crippen LogP) is 12.1. The zero-order chi connectivity index (χ0) is 38.2. The second-order valence-corrected chi connectivity index (χ2v) is 19.4. The molecule has 1 aliphatic rings. The Morgan fingerprint density at radius 3 is 1.81 bits per heavy atom. The molecule has 1 atom stereocenters. The van der Waals surface area contributed by atoms with Crippen molar-refractivity contribution in [2.45, 2.75) is 12.8 Å². The molecule has 3 heterocycles. The predicted molar refractivity (Wildman–Crippen MR) is 246 cm³/mol. The molecule has 0 amide bonds. The summed E-state index contributed by atoms with van der Waals surface area (Å²) in [5, 5.41) is 13.0. The van der Waals surface area contributed by atoms with Crippen LogP contribution in [-0.4, -0.2) is 17.2 Å². The maximum absolute atomic E-state index is 6.39. The summed E-state index contributed by atoms with van der Waals surface area (Å²) in [5.74, 6) is 0. The van der Waals surface area contributed by atoms with Crippen LogP contribution < -0.4 is 15.6 Å². The van der Waals surface area contributed by atoms with Crippen LogP contribution in [0.15, 0.2) is 216 Å². The summed E-state index contributed by atoms with van der Waals surface area (Å²) in [6.45, 7) is 0. The van der Waals surface area contributed by atoms with Crippen LogP contribution in [0.1, 0.15) is 12.8 Å². The van der Waals surface area contributed by atoms with E-state index in [1.165, 1.54) is 70.1 Å². The van der Waals surface area contributed by atoms with Crippen molar-refractivity contribution >= 4 is 89.2 Å². The molecule has 12 rings (SSSR count). The Balaban J connectivity index is 1.16. The van der Waals surface area contributed by atoms with Gasteiger partial charge in [0.25, 0.3) is 0 Å². The lowest BCUT2D eigenvalue weighted by Crippen LogP contribution is -2.69. The number of hydrogen-bond acceptors (Lipinski definition) is 1. The minimum atomic E-state index is -2.92. The lowest BCUT2D eigenvalue weighted by Gasteiger charge is -2.38. The second-order valence-electron chi connectivity index (χ2n) is 15.5. The van der Waals surface area contributed by atoms with Gasteiger partial charge in [0, 0.05) is 43.7 Å². The fourth-order valence-electron chi connectivity index (χ4n) is 10.1. The molecule has 0 saturated carbocycles. The lowest BCUT2D eigenvalue weighted by molar-refractivity contribution is 0.669. The Morgan fingerprint density at radius 2 is 1.05 bits per heavy atom. The van der Waals surface area contributed by atoms with Crippen molar-refractivity contribution in [1.82, 2.24) is 9.13 Å². The van der Waals surface area contributed by atoms with Gasteiger partial charge >= 0.3 is 0 Å². The van der Waals surface area contributed by atoms with E-state index in [9.17, 15) is 0 Å². The number of para-hydroxylation sites is 5. The number of nitrogens with zero attached hydrogens (tertiary/aromatic N) is 2. The quantitative estimate of drug-likeness (QED) is 0.122. The van der Waals surface area contributed by atoms with E-state index in [2.05, 4.69) is 209 Å². The molecule has 58 heavy (non-hydrogen) atoms. The summed E-state index contributed by atoms with van der Waals surface area (Å²) >= 11 is 0. The molecule has 3 aromatic heterocycles. The number of rotatable bonds is 6. The molecule has 274 valence electrons. The Kier molecular flexibility index (Phi) is 7.38. The zero-order valence-electron chi connectivity index (χ0n) is 31.8. The first-order valence-corrected chi connectivity index (χ1v) is 22.2. The molecule has 0 spiro atoms. The van der Waals surface area contributed by atoms with Gasteiger partial charge in [-0.3, -0.25) is 0 Å². The molecule has 1 aliphatic carbocycles. The first-order valence-electron chi connectivity index (χ1n) is 20.2. The fourth-order valence-corrected chi connectivity index (χ4v) is 15.3. The second kappa shape index (κ2) is 13.0. The number of allylic oxidation sites excluding steroid dienone is 4. The smallest absolute Gasteiger partial charge is 0.177 e. The Morgan fingerprint density at radius 1 is 0.431 bits per heavy atom. The first kappa shape index (κ1) is 33.0. The van der Waals surface area contributed by atoms with Crippen molar-refractivity contribution in [1.29, 1.82) is 0 Å². The molecule has 0 saturated heterocycles. The number of furan rings is 1. The van der Waals surface area contributed by atoms with E-state index in [4.69, 9.17) is 4.42 Å². The van der Waals surface area contributed by atoms with Crippen LogP contribution >= 0.6 is 0 Å². The molecule has 1 unspecified atom stereocenters. The van der Waals surface area contributed by atoms with E-state index in [0.717, 1.165) is 40.5 Å². The highest BCUT2D eigenvalue weighted by Gasteiger charge is 2.45. The minimum absolute atomic E-state index is 0.917. The molecule has 0 radical (unpaired) electrons. The molecular weight excluding hydrogens is 721 g/mol. The van der Waals surface area contributed by atoms with Gasteiger partial charge in [-0.25, -0.2) is 0 Å². The van der Waals surface area contributed by atoms with Crippen molar-refractivity contribution in [3.05, 3.63) is 211 Å². The number of aromatic nitrogens is 2. The van der Waals surface area contributed by atoms with Crippen LogP contribution in [0.2, 0.25) is 0 Å². The SMILES string of the molecule is C1=CCCC([Si](c2ccccc2)(c2ccc(-n3c4ccccc4c4cc5oc6ccccc6c5cc43)cc2)c2cccc3c4ccccc4n(-c4ccccc4)c23)=C1. The average molecular weight is 759 g/mol. The van der Waals surface area contributed by atoms with Crippen molar-refractivity contribution in [3.63, 3.8) is 0 Å². The van der Waals surface area contributed by atoms with Crippen LogP contribution in [0.25, 0.3) is 76.9 Å². The van der Waals surface area contributed by atoms with Gasteiger partial charge in [0.15, 0.2) is 8.07 Å². The summed E-state index contributed by atoms with van der Waals surface area (Å²) in [5.41, 5.74) is 9.05. The molecule has 11 aromatic rings. The third kappa shape index (κ3) is 4.73. The van der Waals surface area contributed by atoms with Crippen molar-refractivity contribution in [2.75, 3.05) is 0 Å². The standard InChI is InChI=1S/C54H38N2OSi/c1-4-17-37(18-5-1)56-49-28-14-10-23-42(49)45-26-16-30-53(54(45)56)58(39-19-6-2-7-20-39,40-21-8-3-9-22-40)41-33-31-38(32-34-41)55-48-27-13-11-24-43(48)46-36-52-47(35-50(46)55)44-25-12-15-29-51(44)57-52/h1-8,10-21,23-36H,9,22H2. The molecule has 0 bridgehead atoms. The van der Waals surface area contributed by atoms with Gasteiger partial charge in [0.05, 0.1) is 22.1 Å². The van der Waals surface area contributed by atoms with Crippen LogP contribution in [0, 0.1) is 0 Å². The van der Waals surface area contributed by atoms with E-state index >= 15 is 0 Å². The molecule has 8 aromatic carbocycles. The summed E-state index contributed by atoms with van der Waals surface area (Å²) in [4.78, 5) is 0. The maximum Gasteiger partial charge on any atom is 0.177 e. The van der Waals surface area contributed by atoms with Gasteiger partial charge in [-0.2, -0.15) is 0 Å². The molecule has 3 nitrogen and oxygen atoms in total. The maximum atomic E-state index is 6.39. The van der Waals surface area contributed by atoms with Crippen LogP contribution in [-0.2, 0) is 0 Å². The fraction of sp³-hybridized carbons (Fsp3) is 0.0370. The topological polar surface area (TPSA) is 23.0 Å². The van der Waals surface area contributed by atoms with E-state index in [1.54, 1.807) is 0 Å². The van der Waals surface area contributed by atoms with E-state index in [-0.39, 0.29) is 0 Å². The third-order valence-corrected chi connectivity index (χ3v) is 17.5. The van der Waals surface area contributed by atoms with E-state index in [0.29, 0.717) is 0 Å². The summed E-state index contributed by atoms with van der Waals surface area (Å²) < 4.78 is 11.4. The Bertz CT molecular complexity index is 3440. The average Bonchev–Trinajstić information content (AvgIpc) is 3.95. The normalized spacial score (nSPS) is 14.2. The molecule has 0 fully saturated rings. The van der Waals surface area contributed by atoms with Crippen LogP contribution in [0.5, 0.6) is 0 Å². The van der Waals surface area contributed by atoms with Gasteiger partial charge in [-0.1, -0.05) is 157 Å². The van der Waals surface area contributed by atoms with Crippen molar-refractivity contribution < 1.29 is 4.42 Å².